The first kappa shape index (κ1) is 22.0. The van der Waals surface area contributed by atoms with E-state index in [0.29, 0.717) is 31.0 Å². The zero-order chi connectivity index (χ0) is 22.2. The molecule has 0 bridgehead atoms. The predicted molar refractivity (Wildman–Crippen MR) is 120 cm³/mol. The van der Waals surface area contributed by atoms with Crippen molar-refractivity contribution in [2.24, 2.45) is 0 Å². The number of ether oxygens (including phenoxy) is 2. The van der Waals surface area contributed by atoms with Crippen LogP contribution in [0, 0.1) is 0 Å². The zero-order valence-electron chi connectivity index (χ0n) is 18.3. The lowest BCUT2D eigenvalue weighted by Gasteiger charge is -2.27. The molecule has 0 spiro atoms. The molecular weight excluding hydrogens is 408 g/mol. The van der Waals surface area contributed by atoms with Crippen LogP contribution in [0.1, 0.15) is 24.3 Å². The molecule has 3 aromatic rings. The molecule has 1 aliphatic rings. The van der Waals surface area contributed by atoms with E-state index in [4.69, 9.17) is 14.0 Å². The van der Waals surface area contributed by atoms with Crippen LogP contribution >= 0.6 is 0 Å². The number of nitrogens with zero attached hydrogens (tertiary/aromatic N) is 3. The molecule has 1 aromatic heterocycles. The zero-order valence-corrected chi connectivity index (χ0v) is 18.3. The van der Waals surface area contributed by atoms with Crippen molar-refractivity contribution in [1.82, 2.24) is 15.0 Å². The number of aromatic nitrogens is 2. The molecule has 1 saturated heterocycles. The monoisotopic (exact) mass is 436 g/mol. The Labute approximate surface area is 187 Å². The lowest BCUT2D eigenvalue weighted by molar-refractivity contribution is -0.116. The van der Waals surface area contributed by atoms with Crippen LogP contribution in [0.5, 0.6) is 5.75 Å². The summed E-state index contributed by atoms with van der Waals surface area (Å²) in [5, 5.41) is 7.09. The van der Waals surface area contributed by atoms with Gasteiger partial charge in [-0.2, -0.15) is 4.98 Å². The summed E-state index contributed by atoms with van der Waals surface area (Å²) >= 11 is 0. The van der Waals surface area contributed by atoms with Gasteiger partial charge in [0, 0.05) is 43.7 Å². The number of anilines is 1. The van der Waals surface area contributed by atoms with Crippen molar-refractivity contribution in [1.29, 1.82) is 0 Å². The van der Waals surface area contributed by atoms with E-state index in [0.717, 1.165) is 55.4 Å². The molecular formula is C24H28N4O4. The first-order valence-corrected chi connectivity index (χ1v) is 10.9. The van der Waals surface area contributed by atoms with Gasteiger partial charge in [-0.05, 0) is 42.3 Å². The van der Waals surface area contributed by atoms with E-state index >= 15 is 0 Å². The minimum Gasteiger partial charge on any atom is -0.497 e. The first-order chi connectivity index (χ1) is 15.7. The molecule has 2 heterocycles. The van der Waals surface area contributed by atoms with Gasteiger partial charge >= 0.3 is 0 Å². The number of rotatable bonds is 9. The third-order valence-electron chi connectivity index (χ3n) is 5.40. The molecule has 1 N–H and O–H groups in total. The number of aryl methyl sites for hydroxylation is 1. The second-order valence-corrected chi connectivity index (χ2v) is 7.69. The maximum absolute atomic E-state index is 12.5. The van der Waals surface area contributed by atoms with E-state index in [1.807, 2.05) is 42.5 Å². The Kier molecular flexibility index (Phi) is 7.47. The van der Waals surface area contributed by atoms with E-state index in [1.165, 1.54) is 0 Å². The fraction of sp³-hybridized carbons (Fsp3) is 0.375. The second kappa shape index (κ2) is 10.9. The molecule has 8 nitrogen and oxygen atoms in total. The van der Waals surface area contributed by atoms with Gasteiger partial charge < -0.3 is 19.3 Å². The third kappa shape index (κ3) is 5.93. The van der Waals surface area contributed by atoms with Crippen LogP contribution in [-0.4, -0.2) is 54.4 Å². The Morgan fingerprint density at radius 3 is 2.69 bits per heavy atom. The van der Waals surface area contributed by atoms with Crippen LogP contribution in [0.25, 0.3) is 11.4 Å². The molecule has 0 radical (unpaired) electrons. The Bertz CT molecular complexity index is 1010. The van der Waals surface area contributed by atoms with E-state index < -0.39 is 0 Å². The summed E-state index contributed by atoms with van der Waals surface area (Å²) in [6.45, 7) is 4.13. The summed E-state index contributed by atoms with van der Waals surface area (Å²) in [5.74, 6) is 1.81. The Hall–Kier alpha value is -3.23. The molecule has 0 aliphatic carbocycles. The highest BCUT2D eigenvalue weighted by molar-refractivity contribution is 5.91. The van der Waals surface area contributed by atoms with Gasteiger partial charge in [-0.1, -0.05) is 23.4 Å². The van der Waals surface area contributed by atoms with E-state index in [9.17, 15) is 4.79 Å². The molecule has 1 amide bonds. The number of hydrogen-bond acceptors (Lipinski definition) is 7. The highest BCUT2D eigenvalue weighted by atomic mass is 16.5. The lowest BCUT2D eigenvalue weighted by atomic mass is 10.1. The lowest BCUT2D eigenvalue weighted by Crippen LogP contribution is -2.35. The quantitative estimate of drug-likeness (QED) is 0.549. The average Bonchev–Trinajstić information content (AvgIpc) is 3.30. The summed E-state index contributed by atoms with van der Waals surface area (Å²) in [6.07, 6.45) is 1.56. The normalized spacial score (nSPS) is 14.3. The fourth-order valence-electron chi connectivity index (χ4n) is 3.61. The van der Waals surface area contributed by atoms with Crippen LogP contribution in [-0.2, 0) is 22.5 Å². The number of nitrogens with one attached hydrogen (secondary N) is 1. The van der Waals surface area contributed by atoms with Crippen LogP contribution < -0.4 is 10.1 Å². The maximum Gasteiger partial charge on any atom is 0.226 e. The second-order valence-electron chi connectivity index (χ2n) is 7.69. The summed E-state index contributed by atoms with van der Waals surface area (Å²) in [6, 6.07) is 15.4. The molecule has 4 rings (SSSR count). The Morgan fingerprint density at radius 1 is 1.12 bits per heavy atom. The van der Waals surface area contributed by atoms with Crippen molar-refractivity contribution in [3.05, 3.63) is 60.0 Å². The van der Waals surface area contributed by atoms with Gasteiger partial charge in [-0.3, -0.25) is 9.69 Å². The molecule has 1 fully saturated rings. The fourth-order valence-corrected chi connectivity index (χ4v) is 3.61. The highest BCUT2D eigenvalue weighted by Gasteiger charge is 2.14. The summed E-state index contributed by atoms with van der Waals surface area (Å²) < 4.78 is 15.9. The smallest absolute Gasteiger partial charge is 0.226 e. The number of morpholine rings is 1. The van der Waals surface area contributed by atoms with Crippen molar-refractivity contribution < 1.29 is 18.8 Å². The van der Waals surface area contributed by atoms with E-state index in [-0.39, 0.29) is 5.91 Å². The van der Waals surface area contributed by atoms with Crippen LogP contribution in [0.15, 0.2) is 53.1 Å². The molecule has 1 aliphatic heterocycles. The molecule has 0 unspecified atom stereocenters. The van der Waals surface area contributed by atoms with Crippen molar-refractivity contribution in [3.8, 4) is 17.1 Å². The van der Waals surface area contributed by atoms with E-state index in [1.54, 1.807) is 7.11 Å². The van der Waals surface area contributed by atoms with Gasteiger partial charge in [-0.25, -0.2) is 0 Å². The number of carbonyl (C=O) groups excluding carboxylic acids is 1. The van der Waals surface area contributed by atoms with Gasteiger partial charge in [-0.15, -0.1) is 0 Å². The van der Waals surface area contributed by atoms with Crippen LogP contribution in [0.3, 0.4) is 0 Å². The molecule has 8 heteroatoms. The number of methoxy groups -OCH3 is 1. The average molecular weight is 437 g/mol. The topological polar surface area (TPSA) is 89.7 Å². The third-order valence-corrected chi connectivity index (χ3v) is 5.40. The van der Waals surface area contributed by atoms with Crippen LogP contribution in [0.4, 0.5) is 5.69 Å². The highest BCUT2D eigenvalue weighted by Crippen LogP contribution is 2.21. The number of amides is 1. The predicted octanol–water partition coefficient (Wildman–Crippen LogP) is 3.54. The first-order valence-electron chi connectivity index (χ1n) is 10.9. The van der Waals surface area contributed by atoms with Gasteiger partial charge in [0.1, 0.15) is 5.75 Å². The SMILES string of the molecule is COc1ccc(-c2noc(CCCC(=O)Nc3ccccc3CN3CCOCC3)n2)cc1. The minimum absolute atomic E-state index is 0.0191. The van der Waals surface area contributed by atoms with Crippen molar-refractivity contribution in [2.75, 3.05) is 38.7 Å². The van der Waals surface area contributed by atoms with Gasteiger partial charge in [0.15, 0.2) is 0 Å². The van der Waals surface area contributed by atoms with Gasteiger partial charge in [0.05, 0.1) is 20.3 Å². The minimum atomic E-state index is -0.0191. The summed E-state index contributed by atoms with van der Waals surface area (Å²) in [7, 11) is 1.63. The maximum atomic E-state index is 12.5. The van der Waals surface area contributed by atoms with Crippen molar-refractivity contribution in [3.63, 3.8) is 0 Å². The van der Waals surface area contributed by atoms with Crippen LogP contribution in [0.2, 0.25) is 0 Å². The molecule has 168 valence electrons. The molecule has 32 heavy (non-hydrogen) atoms. The van der Waals surface area contributed by atoms with Gasteiger partial charge in [0.25, 0.3) is 0 Å². The van der Waals surface area contributed by atoms with E-state index in [2.05, 4.69) is 26.4 Å². The standard InChI is InChI=1S/C24H28N4O4/c1-30-20-11-9-18(10-12-20)24-26-23(32-27-24)8-4-7-22(29)25-21-6-3-2-5-19(21)17-28-13-15-31-16-14-28/h2-3,5-6,9-12H,4,7-8,13-17H2,1H3,(H,25,29). The Balaban J connectivity index is 1.26. The molecule has 0 atom stereocenters. The number of benzene rings is 2. The summed E-state index contributed by atoms with van der Waals surface area (Å²) in [5.41, 5.74) is 2.84. The van der Waals surface area contributed by atoms with Gasteiger partial charge in [0.2, 0.25) is 17.6 Å². The number of hydrogen-bond donors (Lipinski definition) is 1. The molecule has 0 saturated carbocycles. The molecule has 2 aromatic carbocycles. The number of para-hydroxylation sites is 1. The van der Waals surface area contributed by atoms with Crippen molar-refractivity contribution in [2.45, 2.75) is 25.8 Å². The van der Waals surface area contributed by atoms with Crippen molar-refractivity contribution >= 4 is 11.6 Å². The Morgan fingerprint density at radius 2 is 1.91 bits per heavy atom. The largest absolute Gasteiger partial charge is 0.497 e. The number of carbonyl (C=O) groups is 1. The summed E-state index contributed by atoms with van der Waals surface area (Å²) in [4.78, 5) is 19.3.